The summed E-state index contributed by atoms with van der Waals surface area (Å²) in [5, 5.41) is 2.72. The van der Waals surface area contributed by atoms with E-state index in [-0.39, 0.29) is 29.9 Å². The SMILES string of the molecule is Cc1ccccc1OCC(=O)NCC1CCS(=O)(=O)C1. The number of ether oxygens (including phenoxy) is 1. The van der Waals surface area contributed by atoms with Crippen molar-refractivity contribution in [3.8, 4) is 5.75 Å². The Hall–Kier alpha value is -1.56. The minimum absolute atomic E-state index is 0.0300. The van der Waals surface area contributed by atoms with Gasteiger partial charge in [-0.1, -0.05) is 18.2 Å². The second-order valence-electron chi connectivity index (χ2n) is 5.13. The normalized spacial score (nSPS) is 20.6. The monoisotopic (exact) mass is 297 g/mol. The molecule has 0 aromatic heterocycles. The molecule has 1 heterocycles. The topological polar surface area (TPSA) is 72.5 Å². The first-order valence-corrected chi connectivity index (χ1v) is 8.44. The number of hydrogen-bond acceptors (Lipinski definition) is 4. The van der Waals surface area contributed by atoms with Crippen molar-refractivity contribution in [1.29, 1.82) is 0 Å². The predicted octanol–water partition coefficient (Wildman–Crippen LogP) is 0.925. The summed E-state index contributed by atoms with van der Waals surface area (Å²) in [6, 6.07) is 7.48. The largest absolute Gasteiger partial charge is 0.484 e. The van der Waals surface area contributed by atoms with E-state index in [2.05, 4.69) is 5.32 Å². The summed E-state index contributed by atoms with van der Waals surface area (Å²) in [7, 11) is -2.89. The fraction of sp³-hybridized carbons (Fsp3) is 0.500. The van der Waals surface area contributed by atoms with Crippen molar-refractivity contribution < 1.29 is 17.9 Å². The van der Waals surface area contributed by atoms with Crippen LogP contribution in [0.1, 0.15) is 12.0 Å². The summed E-state index contributed by atoms with van der Waals surface area (Å²) in [5.74, 6) is 0.894. The van der Waals surface area contributed by atoms with Gasteiger partial charge in [0.05, 0.1) is 11.5 Å². The Morgan fingerprint density at radius 2 is 2.15 bits per heavy atom. The van der Waals surface area contributed by atoms with Gasteiger partial charge in [0.15, 0.2) is 16.4 Å². The molecule has 0 bridgehead atoms. The Morgan fingerprint density at radius 3 is 2.80 bits per heavy atom. The summed E-state index contributed by atoms with van der Waals surface area (Å²) < 4.78 is 28.0. The number of sulfone groups is 1. The summed E-state index contributed by atoms with van der Waals surface area (Å²) in [4.78, 5) is 11.7. The Morgan fingerprint density at radius 1 is 1.40 bits per heavy atom. The molecule has 1 aromatic rings. The van der Waals surface area contributed by atoms with Gasteiger partial charge in [-0.05, 0) is 30.9 Å². The third-order valence-electron chi connectivity index (χ3n) is 3.37. The number of carbonyl (C=O) groups excluding carboxylic acids is 1. The number of nitrogens with one attached hydrogen (secondary N) is 1. The highest BCUT2D eigenvalue weighted by Gasteiger charge is 2.27. The van der Waals surface area contributed by atoms with Gasteiger partial charge in [-0.15, -0.1) is 0 Å². The maximum Gasteiger partial charge on any atom is 0.257 e. The maximum absolute atomic E-state index is 11.7. The zero-order valence-electron chi connectivity index (χ0n) is 11.5. The first-order valence-electron chi connectivity index (χ1n) is 6.62. The van der Waals surface area contributed by atoms with Crippen LogP contribution in [0, 0.1) is 12.8 Å². The summed E-state index contributed by atoms with van der Waals surface area (Å²) in [6.45, 7) is 2.26. The van der Waals surface area contributed by atoms with Crippen molar-refractivity contribution in [2.75, 3.05) is 24.7 Å². The first-order chi connectivity index (χ1) is 9.46. The molecule has 0 saturated carbocycles. The lowest BCUT2D eigenvalue weighted by Crippen LogP contribution is -2.33. The molecule has 1 aliphatic heterocycles. The van der Waals surface area contributed by atoms with E-state index in [1.165, 1.54) is 0 Å². The van der Waals surface area contributed by atoms with Gasteiger partial charge in [0.1, 0.15) is 5.75 Å². The second-order valence-corrected chi connectivity index (χ2v) is 7.36. The van der Waals surface area contributed by atoms with E-state index in [9.17, 15) is 13.2 Å². The van der Waals surface area contributed by atoms with Crippen LogP contribution >= 0.6 is 0 Å². The van der Waals surface area contributed by atoms with E-state index in [0.717, 1.165) is 5.56 Å². The first kappa shape index (κ1) is 14.8. The van der Waals surface area contributed by atoms with Crippen LogP contribution in [-0.4, -0.2) is 39.0 Å². The van der Waals surface area contributed by atoms with Gasteiger partial charge in [-0.2, -0.15) is 0 Å². The fourth-order valence-electron chi connectivity index (χ4n) is 2.20. The molecule has 6 heteroatoms. The molecule has 1 atom stereocenters. The number of carbonyl (C=O) groups is 1. The molecule has 110 valence electrons. The molecular weight excluding hydrogens is 278 g/mol. The quantitative estimate of drug-likeness (QED) is 0.877. The van der Waals surface area contributed by atoms with Gasteiger partial charge < -0.3 is 10.1 Å². The van der Waals surface area contributed by atoms with Crippen molar-refractivity contribution in [2.24, 2.45) is 5.92 Å². The minimum Gasteiger partial charge on any atom is -0.484 e. The van der Waals surface area contributed by atoms with Gasteiger partial charge in [-0.3, -0.25) is 4.79 Å². The second kappa shape index (κ2) is 6.26. The Labute approximate surface area is 119 Å². The lowest BCUT2D eigenvalue weighted by molar-refractivity contribution is -0.123. The smallest absolute Gasteiger partial charge is 0.257 e. The van der Waals surface area contributed by atoms with E-state index in [1.807, 2.05) is 31.2 Å². The van der Waals surface area contributed by atoms with Gasteiger partial charge in [0.2, 0.25) is 0 Å². The highest BCUT2D eigenvalue weighted by molar-refractivity contribution is 7.91. The molecule has 20 heavy (non-hydrogen) atoms. The van der Waals surface area contributed by atoms with Crippen LogP contribution in [0.3, 0.4) is 0 Å². The Bertz CT molecular complexity index is 583. The van der Waals surface area contributed by atoms with Gasteiger partial charge >= 0.3 is 0 Å². The van der Waals surface area contributed by atoms with Crippen molar-refractivity contribution in [2.45, 2.75) is 13.3 Å². The van der Waals surface area contributed by atoms with Crippen molar-refractivity contribution in [3.63, 3.8) is 0 Å². The zero-order chi connectivity index (χ0) is 14.6. The molecule has 2 rings (SSSR count). The van der Waals surface area contributed by atoms with E-state index in [0.29, 0.717) is 18.7 Å². The van der Waals surface area contributed by atoms with Gasteiger partial charge in [-0.25, -0.2) is 8.42 Å². The third kappa shape index (κ3) is 4.23. The predicted molar refractivity (Wildman–Crippen MR) is 76.4 cm³/mol. The van der Waals surface area contributed by atoms with Crippen LogP contribution in [0.5, 0.6) is 5.75 Å². The number of benzene rings is 1. The molecule has 0 spiro atoms. The van der Waals surface area contributed by atoms with E-state index < -0.39 is 9.84 Å². The zero-order valence-corrected chi connectivity index (χ0v) is 12.3. The van der Waals surface area contributed by atoms with Gasteiger partial charge in [0, 0.05) is 6.54 Å². The lowest BCUT2D eigenvalue weighted by atomic mass is 10.1. The molecule has 1 unspecified atom stereocenters. The molecule has 5 nitrogen and oxygen atoms in total. The van der Waals surface area contributed by atoms with Crippen LogP contribution in [-0.2, 0) is 14.6 Å². The molecule has 1 aromatic carbocycles. The van der Waals surface area contributed by atoms with Crippen molar-refractivity contribution in [1.82, 2.24) is 5.32 Å². The summed E-state index contributed by atoms with van der Waals surface area (Å²) in [5.41, 5.74) is 0.974. The Kier molecular flexibility index (Phi) is 4.65. The third-order valence-corrected chi connectivity index (χ3v) is 5.20. The average molecular weight is 297 g/mol. The molecule has 1 aliphatic rings. The molecule has 0 aliphatic carbocycles. The molecule has 0 radical (unpaired) electrons. The summed E-state index contributed by atoms with van der Waals surface area (Å²) in [6.07, 6.45) is 0.626. The molecule has 1 amide bonds. The highest BCUT2D eigenvalue weighted by atomic mass is 32.2. The lowest BCUT2D eigenvalue weighted by Gasteiger charge is -2.11. The standard InChI is InChI=1S/C14H19NO4S/c1-11-4-2-3-5-13(11)19-9-14(16)15-8-12-6-7-20(17,18)10-12/h2-5,12H,6-10H2,1H3,(H,15,16). The number of aryl methyl sites for hydroxylation is 1. The molecule has 1 saturated heterocycles. The van der Waals surface area contributed by atoms with Crippen LogP contribution in [0.2, 0.25) is 0 Å². The van der Waals surface area contributed by atoms with Crippen molar-refractivity contribution >= 4 is 15.7 Å². The molecule has 1 fully saturated rings. The summed E-state index contributed by atoms with van der Waals surface area (Å²) >= 11 is 0. The van der Waals surface area contributed by atoms with Crippen LogP contribution < -0.4 is 10.1 Å². The van der Waals surface area contributed by atoms with Crippen LogP contribution in [0.15, 0.2) is 24.3 Å². The maximum atomic E-state index is 11.7. The molecule has 1 N–H and O–H groups in total. The fourth-order valence-corrected chi connectivity index (χ4v) is 4.07. The van der Waals surface area contributed by atoms with Crippen LogP contribution in [0.4, 0.5) is 0 Å². The van der Waals surface area contributed by atoms with Crippen LogP contribution in [0.25, 0.3) is 0 Å². The molecular formula is C14H19NO4S. The number of amides is 1. The van der Waals surface area contributed by atoms with Crippen molar-refractivity contribution in [3.05, 3.63) is 29.8 Å². The number of rotatable bonds is 5. The van der Waals surface area contributed by atoms with Gasteiger partial charge in [0.25, 0.3) is 5.91 Å². The Balaban J connectivity index is 1.73. The average Bonchev–Trinajstić information content (AvgIpc) is 2.75. The highest BCUT2D eigenvalue weighted by Crippen LogP contribution is 2.17. The number of para-hydroxylation sites is 1. The van der Waals surface area contributed by atoms with E-state index in [1.54, 1.807) is 0 Å². The van der Waals surface area contributed by atoms with E-state index >= 15 is 0 Å². The minimum atomic E-state index is -2.89. The number of hydrogen-bond donors (Lipinski definition) is 1. The van der Waals surface area contributed by atoms with E-state index in [4.69, 9.17) is 4.74 Å².